The molecule has 0 radical (unpaired) electrons. The maximum Gasteiger partial charge on any atom is 0.416 e. The summed E-state index contributed by atoms with van der Waals surface area (Å²) in [5.74, 6) is -0.851. The van der Waals surface area contributed by atoms with Crippen molar-refractivity contribution in [1.82, 2.24) is 0 Å². The van der Waals surface area contributed by atoms with Gasteiger partial charge in [0.1, 0.15) is 0 Å². The zero-order valence-electron chi connectivity index (χ0n) is 10.0. The average molecular weight is 248 g/mol. The van der Waals surface area contributed by atoms with Gasteiger partial charge in [-0.15, -0.1) is 0 Å². The summed E-state index contributed by atoms with van der Waals surface area (Å²) in [7, 11) is 0. The van der Waals surface area contributed by atoms with Crippen molar-refractivity contribution in [2.45, 2.75) is 26.9 Å². The molecule has 17 heavy (non-hydrogen) atoms. The summed E-state index contributed by atoms with van der Waals surface area (Å²) >= 11 is 0. The third-order valence-corrected chi connectivity index (χ3v) is 1.64. The fourth-order valence-corrected chi connectivity index (χ4v) is 0.987. The maximum atomic E-state index is 12.6. The lowest BCUT2D eigenvalue weighted by Crippen LogP contribution is -2.13. The van der Waals surface area contributed by atoms with E-state index in [-0.39, 0.29) is 12.2 Å². The smallest absolute Gasteiger partial charge is 0.416 e. The van der Waals surface area contributed by atoms with E-state index in [1.54, 1.807) is 6.92 Å². The van der Waals surface area contributed by atoms with Crippen molar-refractivity contribution in [2.75, 3.05) is 6.61 Å². The predicted octanol–water partition coefficient (Wildman–Crippen LogP) is 3.56. The van der Waals surface area contributed by atoms with Gasteiger partial charge in [-0.2, -0.15) is 13.2 Å². The van der Waals surface area contributed by atoms with Crippen molar-refractivity contribution >= 4 is 5.97 Å². The molecule has 0 aliphatic carbocycles. The standard InChI is InChI=1S/C12H15F3O2/c1-5-17-11(16)9(4)7-10(6-8(2)3)12(13,14)15/h6-7H,4-5H2,1-3H3/b10-7+. The monoisotopic (exact) mass is 248 g/mol. The summed E-state index contributed by atoms with van der Waals surface area (Å²) in [5, 5.41) is 0. The van der Waals surface area contributed by atoms with E-state index in [1.807, 2.05) is 0 Å². The predicted molar refractivity (Wildman–Crippen MR) is 59.3 cm³/mol. The van der Waals surface area contributed by atoms with E-state index < -0.39 is 17.7 Å². The molecule has 5 heteroatoms. The Hall–Kier alpha value is -1.52. The minimum atomic E-state index is -4.52. The molecule has 96 valence electrons. The summed E-state index contributed by atoms with van der Waals surface area (Å²) < 4.78 is 42.3. The summed E-state index contributed by atoms with van der Waals surface area (Å²) in [6.45, 7) is 7.98. The SMILES string of the molecule is C=C(/C=C(\C=C(C)C)C(F)(F)F)C(=O)OCC. The topological polar surface area (TPSA) is 26.3 Å². The molecule has 0 aliphatic rings. The molecule has 0 atom stereocenters. The number of rotatable bonds is 4. The molecule has 0 spiro atoms. The van der Waals surface area contributed by atoms with Crippen LogP contribution in [0, 0.1) is 0 Å². The first kappa shape index (κ1) is 15.5. The highest BCUT2D eigenvalue weighted by molar-refractivity contribution is 5.91. The number of carbonyl (C=O) groups excluding carboxylic acids is 1. The Morgan fingerprint density at radius 3 is 2.18 bits per heavy atom. The first-order valence-electron chi connectivity index (χ1n) is 4.98. The summed E-state index contributed by atoms with van der Waals surface area (Å²) in [6, 6.07) is 0. The number of hydrogen-bond donors (Lipinski definition) is 0. The molecular formula is C12H15F3O2. The molecule has 0 unspecified atom stereocenters. The third kappa shape index (κ3) is 5.94. The number of halogens is 3. The lowest BCUT2D eigenvalue weighted by molar-refractivity contribution is -0.138. The summed E-state index contributed by atoms with van der Waals surface area (Å²) in [6.07, 6.45) is -2.89. The highest BCUT2D eigenvalue weighted by Gasteiger charge is 2.32. The minimum absolute atomic E-state index is 0.0929. The second-order valence-corrected chi connectivity index (χ2v) is 3.56. The molecule has 0 amide bonds. The van der Waals surface area contributed by atoms with Gasteiger partial charge < -0.3 is 4.74 Å². The lowest BCUT2D eigenvalue weighted by Gasteiger charge is -2.09. The maximum absolute atomic E-state index is 12.6. The fraction of sp³-hybridized carbons (Fsp3) is 0.417. The average Bonchev–Trinajstić information content (AvgIpc) is 2.14. The van der Waals surface area contributed by atoms with Gasteiger partial charge in [0.15, 0.2) is 0 Å². The molecule has 0 heterocycles. The Morgan fingerprint density at radius 1 is 1.29 bits per heavy atom. The molecule has 0 aromatic rings. The van der Waals surface area contributed by atoms with Gasteiger partial charge in [0, 0.05) is 0 Å². The van der Waals surface area contributed by atoms with Crippen molar-refractivity contribution in [3.63, 3.8) is 0 Å². The Labute approximate surface area is 98.5 Å². The molecule has 0 aromatic heterocycles. The summed E-state index contributed by atoms with van der Waals surface area (Å²) in [4.78, 5) is 11.1. The van der Waals surface area contributed by atoms with Gasteiger partial charge in [0.05, 0.1) is 17.8 Å². The third-order valence-electron chi connectivity index (χ3n) is 1.64. The molecule has 0 bridgehead atoms. The fourth-order valence-electron chi connectivity index (χ4n) is 0.987. The van der Waals surface area contributed by atoms with Crippen molar-refractivity contribution < 1.29 is 22.7 Å². The lowest BCUT2D eigenvalue weighted by atomic mass is 10.1. The van der Waals surface area contributed by atoms with Crippen LogP contribution in [-0.4, -0.2) is 18.8 Å². The van der Waals surface area contributed by atoms with Crippen LogP contribution in [-0.2, 0) is 9.53 Å². The van der Waals surface area contributed by atoms with E-state index in [0.717, 1.165) is 6.08 Å². The Morgan fingerprint density at radius 2 is 1.82 bits per heavy atom. The molecule has 0 aliphatic heterocycles. The molecule has 0 N–H and O–H groups in total. The number of alkyl halides is 3. The number of esters is 1. The van der Waals surface area contributed by atoms with Crippen LogP contribution in [0.5, 0.6) is 0 Å². The quantitative estimate of drug-likeness (QED) is 0.432. The van der Waals surface area contributed by atoms with E-state index in [9.17, 15) is 18.0 Å². The van der Waals surface area contributed by atoms with Gasteiger partial charge in [-0.1, -0.05) is 18.2 Å². The van der Waals surface area contributed by atoms with Gasteiger partial charge >= 0.3 is 12.1 Å². The Balaban J connectivity index is 5.14. The van der Waals surface area contributed by atoms with E-state index in [0.29, 0.717) is 11.6 Å². The Bertz CT molecular complexity index is 358. The van der Waals surface area contributed by atoms with E-state index in [2.05, 4.69) is 11.3 Å². The van der Waals surface area contributed by atoms with Crippen molar-refractivity contribution in [2.24, 2.45) is 0 Å². The van der Waals surface area contributed by atoms with Crippen LogP contribution >= 0.6 is 0 Å². The van der Waals surface area contributed by atoms with Crippen molar-refractivity contribution in [3.05, 3.63) is 35.5 Å². The van der Waals surface area contributed by atoms with Gasteiger partial charge in [0.25, 0.3) is 0 Å². The number of hydrogen-bond acceptors (Lipinski definition) is 2. The van der Waals surface area contributed by atoms with Crippen molar-refractivity contribution in [1.29, 1.82) is 0 Å². The second-order valence-electron chi connectivity index (χ2n) is 3.56. The number of allylic oxidation sites excluding steroid dienone is 3. The molecule has 0 saturated carbocycles. The van der Waals surface area contributed by atoms with E-state index >= 15 is 0 Å². The van der Waals surface area contributed by atoms with E-state index in [1.165, 1.54) is 13.8 Å². The van der Waals surface area contributed by atoms with Crippen molar-refractivity contribution in [3.8, 4) is 0 Å². The summed E-state index contributed by atoms with van der Waals surface area (Å²) in [5.41, 5.74) is -0.766. The molecule has 0 fully saturated rings. The molecular weight excluding hydrogens is 233 g/mol. The minimum Gasteiger partial charge on any atom is -0.462 e. The molecule has 0 aromatic carbocycles. The Kier molecular flexibility index (Phi) is 5.71. The van der Waals surface area contributed by atoms with Gasteiger partial charge in [0.2, 0.25) is 0 Å². The van der Waals surface area contributed by atoms with Crippen LogP contribution in [0.25, 0.3) is 0 Å². The highest BCUT2D eigenvalue weighted by Crippen LogP contribution is 2.28. The normalized spacial score (nSPS) is 12.0. The highest BCUT2D eigenvalue weighted by atomic mass is 19.4. The second kappa shape index (κ2) is 6.27. The van der Waals surface area contributed by atoms with Crippen LogP contribution in [0.4, 0.5) is 13.2 Å². The van der Waals surface area contributed by atoms with Crippen LogP contribution in [0.2, 0.25) is 0 Å². The van der Waals surface area contributed by atoms with Crippen LogP contribution in [0.3, 0.4) is 0 Å². The molecule has 0 rings (SSSR count). The molecule has 0 saturated heterocycles. The largest absolute Gasteiger partial charge is 0.462 e. The van der Waals surface area contributed by atoms with Gasteiger partial charge in [-0.25, -0.2) is 4.79 Å². The zero-order chi connectivity index (χ0) is 13.6. The number of ether oxygens (including phenoxy) is 1. The zero-order valence-corrected chi connectivity index (χ0v) is 10.0. The van der Waals surface area contributed by atoms with E-state index in [4.69, 9.17) is 0 Å². The molecule has 2 nitrogen and oxygen atoms in total. The van der Waals surface area contributed by atoms with Crippen LogP contribution in [0.1, 0.15) is 20.8 Å². The first-order valence-corrected chi connectivity index (χ1v) is 4.98. The number of carbonyl (C=O) groups is 1. The van der Waals surface area contributed by atoms with Crippen LogP contribution < -0.4 is 0 Å². The first-order chi connectivity index (χ1) is 7.68. The van der Waals surface area contributed by atoms with Gasteiger partial charge in [-0.3, -0.25) is 0 Å². The van der Waals surface area contributed by atoms with Gasteiger partial charge in [-0.05, 0) is 26.8 Å². The van der Waals surface area contributed by atoms with Crippen LogP contribution in [0.15, 0.2) is 35.5 Å².